The van der Waals surface area contributed by atoms with Crippen molar-refractivity contribution in [3.63, 3.8) is 0 Å². The number of halogens is 1. The topological polar surface area (TPSA) is 107 Å². The zero-order valence-electron chi connectivity index (χ0n) is 12.5. The van der Waals surface area contributed by atoms with Crippen LogP contribution < -0.4 is 4.72 Å². The molecular formula is C14H19ClN2O5S. The van der Waals surface area contributed by atoms with Gasteiger partial charge in [-0.25, -0.2) is 8.42 Å². The van der Waals surface area contributed by atoms with Gasteiger partial charge in [0.2, 0.25) is 15.9 Å². The van der Waals surface area contributed by atoms with Crippen molar-refractivity contribution in [3.05, 3.63) is 29.3 Å². The Balaban J connectivity index is 2.10. The molecule has 0 aliphatic carbocycles. The van der Waals surface area contributed by atoms with E-state index < -0.39 is 34.1 Å². The number of β-amino-alcohol motifs (C(OH)–C–C–N with tert-alkyl or cyclic N) is 1. The molecule has 1 aromatic rings. The number of nitrogens with one attached hydrogen (secondary N) is 1. The van der Waals surface area contributed by atoms with Crippen molar-refractivity contribution in [2.45, 2.75) is 36.4 Å². The highest BCUT2D eigenvalue weighted by atomic mass is 35.5. The third-order valence-electron chi connectivity index (χ3n) is 3.71. The number of rotatable bonds is 5. The molecule has 1 aromatic carbocycles. The maximum absolute atomic E-state index is 12.4. The van der Waals surface area contributed by atoms with Crippen LogP contribution in [0.1, 0.15) is 13.3 Å². The van der Waals surface area contributed by atoms with Crippen LogP contribution in [-0.2, 0) is 14.8 Å². The average molecular weight is 363 g/mol. The summed E-state index contributed by atoms with van der Waals surface area (Å²) < 4.78 is 26.8. The molecule has 1 fully saturated rings. The van der Waals surface area contributed by atoms with E-state index in [1.54, 1.807) is 0 Å². The second kappa shape index (κ2) is 7.14. The van der Waals surface area contributed by atoms with Crippen LogP contribution in [0, 0.1) is 0 Å². The summed E-state index contributed by atoms with van der Waals surface area (Å²) in [4.78, 5) is 13.7. The number of benzene rings is 1. The minimum atomic E-state index is -3.87. The highest BCUT2D eigenvalue weighted by Gasteiger charge is 2.36. The Labute approximate surface area is 139 Å². The van der Waals surface area contributed by atoms with Crippen molar-refractivity contribution < 1.29 is 23.4 Å². The molecule has 0 saturated carbocycles. The van der Waals surface area contributed by atoms with Crippen LogP contribution in [-0.4, -0.2) is 60.8 Å². The molecule has 3 atom stereocenters. The molecule has 2 unspecified atom stereocenters. The summed E-state index contributed by atoms with van der Waals surface area (Å²) in [6.07, 6.45) is -0.435. The van der Waals surface area contributed by atoms with Gasteiger partial charge in [-0.2, -0.15) is 4.72 Å². The summed E-state index contributed by atoms with van der Waals surface area (Å²) in [5.41, 5.74) is 0. The number of sulfonamides is 1. The number of hydrogen-bond donors (Lipinski definition) is 3. The van der Waals surface area contributed by atoms with Gasteiger partial charge in [0, 0.05) is 11.6 Å². The lowest BCUT2D eigenvalue weighted by Gasteiger charge is -2.26. The Kier molecular flexibility index (Phi) is 5.64. The maximum atomic E-state index is 12.4. The van der Waals surface area contributed by atoms with Crippen molar-refractivity contribution in [2.75, 3.05) is 13.2 Å². The largest absolute Gasteiger partial charge is 0.394 e. The van der Waals surface area contributed by atoms with E-state index in [0.717, 1.165) is 0 Å². The van der Waals surface area contributed by atoms with Gasteiger partial charge >= 0.3 is 0 Å². The van der Waals surface area contributed by atoms with Crippen LogP contribution >= 0.6 is 11.6 Å². The van der Waals surface area contributed by atoms with Crippen LogP contribution in [0.3, 0.4) is 0 Å². The van der Waals surface area contributed by atoms with E-state index in [2.05, 4.69) is 4.72 Å². The third-order valence-corrected chi connectivity index (χ3v) is 5.52. The van der Waals surface area contributed by atoms with E-state index in [1.807, 2.05) is 0 Å². The average Bonchev–Trinajstić information content (AvgIpc) is 2.87. The monoisotopic (exact) mass is 362 g/mol. The van der Waals surface area contributed by atoms with Gasteiger partial charge in [-0.1, -0.05) is 11.6 Å². The molecule has 1 aliphatic heterocycles. The molecule has 1 aliphatic rings. The number of hydrogen-bond acceptors (Lipinski definition) is 5. The summed E-state index contributed by atoms with van der Waals surface area (Å²) >= 11 is 5.73. The third kappa shape index (κ3) is 4.21. The lowest BCUT2D eigenvalue weighted by Crippen LogP contribution is -2.49. The summed E-state index contributed by atoms with van der Waals surface area (Å²) in [5.74, 6) is -0.488. The highest BCUT2D eigenvalue weighted by molar-refractivity contribution is 7.89. The normalized spacial score (nSPS) is 23.0. The molecule has 0 bridgehead atoms. The van der Waals surface area contributed by atoms with Gasteiger partial charge in [0.25, 0.3) is 0 Å². The number of likely N-dealkylation sites (tertiary alicyclic amines) is 1. The van der Waals surface area contributed by atoms with Crippen LogP contribution in [0.25, 0.3) is 0 Å². The van der Waals surface area contributed by atoms with E-state index in [4.69, 9.17) is 11.6 Å². The first-order chi connectivity index (χ1) is 10.7. The lowest BCUT2D eigenvalue weighted by atomic mass is 10.2. The fourth-order valence-corrected chi connectivity index (χ4v) is 3.87. The van der Waals surface area contributed by atoms with Crippen molar-refractivity contribution in [1.82, 2.24) is 9.62 Å². The summed E-state index contributed by atoms with van der Waals surface area (Å²) in [6.45, 7) is 1.23. The SMILES string of the molecule is C[C@H](NS(=O)(=O)c1ccc(Cl)cc1)C(=O)N1CC(O)CC1CO. The predicted molar refractivity (Wildman–Crippen MR) is 84.4 cm³/mol. The zero-order chi connectivity index (χ0) is 17.2. The number of carbonyl (C=O) groups excluding carboxylic acids is 1. The van der Waals surface area contributed by atoms with Crippen LogP contribution in [0.5, 0.6) is 0 Å². The Morgan fingerprint density at radius 1 is 1.43 bits per heavy atom. The van der Waals surface area contributed by atoms with E-state index in [-0.39, 0.29) is 24.5 Å². The minimum absolute atomic E-state index is 0.00159. The summed E-state index contributed by atoms with van der Waals surface area (Å²) in [7, 11) is -3.87. The molecule has 23 heavy (non-hydrogen) atoms. The van der Waals surface area contributed by atoms with E-state index >= 15 is 0 Å². The van der Waals surface area contributed by atoms with Gasteiger partial charge in [-0.05, 0) is 37.6 Å². The number of aliphatic hydroxyl groups excluding tert-OH is 2. The Bertz CT molecular complexity index is 664. The lowest BCUT2D eigenvalue weighted by molar-refractivity contribution is -0.134. The molecule has 128 valence electrons. The van der Waals surface area contributed by atoms with Gasteiger partial charge in [-0.3, -0.25) is 4.79 Å². The van der Waals surface area contributed by atoms with Crippen molar-refractivity contribution in [1.29, 1.82) is 0 Å². The Hall–Kier alpha value is -1.19. The molecule has 3 N–H and O–H groups in total. The molecular weight excluding hydrogens is 344 g/mol. The first kappa shape index (κ1) is 18.2. The van der Waals surface area contributed by atoms with Gasteiger partial charge in [0.15, 0.2) is 0 Å². The molecule has 2 rings (SSSR count). The van der Waals surface area contributed by atoms with Crippen LogP contribution in [0.2, 0.25) is 5.02 Å². The van der Waals surface area contributed by atoms with Crippen LogP contribution in [0.15, 0.2) is 29.2 Å². The molecule has 0 aromatic heterocycles. The predicted octanol–water partition coefficient (Wildman–Crippen LogP) is -0.0391. The van der Waals surface area contributed by atoms with Gasteiger partial charge in [0.1, 0.15) is 0 Å². The first-order valence-electron chi connectivity index (χ1n) is 7.12. The van der Waals surface area contributed by atoms with E-state index in [1.165, 1.54) is 36.1 Å². The van der Waals surface area contributed by atoms with Gasteiger partial charge in [-0.15, -0.1) is 0 Å². The van der Waals surface area contributed by atoms with Gasteiger partial charge in [0.05, 0.1) is 29.7 Å². The fourth-order valence-electron chi connectivity index (χ4n) is 2.55. The molecule has 0 spiro atoms. The minimum Gasteiger partial charge on any atom is -0.394 e. The molecule has 0 radical (unpaired) electrons. The second-order valence-corrected chi connectivity index (χ2v) is 7.66. The Morgan fingerprint density at radius 2 is 2.04 bits per heavy atom. The quantitative estimate of drug-likeness (QED) is 0.681. The molecule has 9 heteroatoms. The second-order valence-electron chi connectivity index (χ2n) is 5.51. The summed E-state index contributed by atoms with van der Waals surface area (Å²) in [6, 6.07) is 4.06. The van der Waals surface area contributed by atoms with Crippen molar-refractivity contribution in [3.8, 4) is 0 Å². The van der Waals surface area contributed by atoms with E-state index in [9.17, 15) is 23.4 Å². The molecule has 1 heterocycles. The molecule has 1 amide bonds. The maximum Gasteiger partial charge on any atom is 0.241 e. The smallest absolute Gasteiger partial charge is 0.241 e. The van der Waals surface area contributed by atoms with E-state index in [0.29, 0.717) is 5.02 Å². The molecule has 1 saturated heterocycles. The standard InChI is InChI=1S/C14H19ClN2O5S/c1-9(14(20)17-7-12(19)6-11(17)8-18)16-23(21,22)13-4-2-10(15)3-5-13/h2-5,9,11-12,16,18-19H,6-8H2,1H3/t9-,11?,12?/m0/s1. The summed E-state index contributed by atoms with van der Waals surface area (Å²) in [5, 5.41) is 19.3. The van der Waals surface area contributed by atoms with Crippen LogP contribution in [0.4, 0.5) is 0 Å². The van der Waals surface area contributed by atoms with Crippen molar-refractivity contribution in [2.24, 2.45) is 0 Å². The number of amides is 1. The first-order valence-corrected chi connectivity index (χ1v) is 8.98. The van der Waals surface area contributed by atoms with Gasteiger partial charge < -0.3 is 15.1 Å². The number of aliphatic hydroxyl groups is 2. The molecule has 7 nitrogen and oxygen atoms in total. The number of carbonyl (C=O) groups is 1. The fraction of sp³-hybridized carbons (Fsp3) is 0.500. The zero-order valence-corrected chi connectivity index (χ0v) is 14.1. The Morgan fingerprint density at radius 3 is 2.61 bits per heavy atom. The van der Waals surface area contributed by atoms with Crippen molar-refractivity contribution >= 4 is 27.5 Å². The number of nitrogens with zero attached hydrogens (tertiary/aromatic N) is 1. The highest BCUT2D eigenvalue weighted by Crippen LogP contribution is 2.19.